The zero-order chi connectivity index (χ0) is 13.0. The second kappa shape index (κ2) is 5.97. The van der Waals surface area contributed by atoms with E-state index in [1.807, 2.05) is 12.3 Å². The number of rotatable bonds is 5. The van der Waals surface area contributed by atoms with E-state index < -0.39 is 11.6 Å². The van der Waals surface area contributed by atoms with E-state index in [1.54, 1.807) is 0 Å². The van der Waals surface area contributed by atoms with Crippen LogP contribution in [-0.2, 0) is 13.0 Å². The first-order valence-electron chi connectivity index (χ1n) is 5.59. The van der Waals surface area contributed by atoms with Gasteiger partial charge in [-0.3, -0.25) is 0 Å². The molecule has 1 unspecified atom stereocenters. The van der Waals surface area contributed by atoms with Gasteiger partial charge < -0.3 is 5.32 Å². The summed E-state index contributed by atoms with van der Waals surface area (Å²) in [5, 5.41) is 8.88. The van der Waals surface area contributed by atoms with Crippen LogP contribution in [0.3, 0.4) is 0 Å². The van der Waals surface area contributed by atoms with E-state index in [-0.39, 0.29) is 11.6 Å². The van der Waals surface area contributed by atoms with Crippen molar-refractivity contribution in [2.75, 3.05) is 0 Å². The monoisotopic (exact) mass is 269 g/mol. The first-order chi connectivity index (χ1) is 8.66. The van der Waals surface area contributed by atoms with Gasteiger partial charge in [0.1, 0.15) is 11.6 Å². The van der Waals surface area contributed by atoms with Crippen LogP contribution in [0.5, 0.6) is 0 Å². The van der Waals surface area contributed by atoms with Gasteiger partial charge >= 0.3 is 0 Å². The van der Waals surface area contributed by atoms with Crippen LogP contribution in [0.15, 0.2) is 23.6 Å². The number of halogens is 2. The molecule has 1 aromatic heterocycles. The Morgan fingerprint density at radius 2 is 2.06 bits per heavy atom. The Labute approximate surface area is 108 Å². The Bertz CT molecular complexity index is 482. The number of hydrogen-bond acceptors (Lipinski definition) is 4. The van der Waals surface area contributed by atoms with Crippen molar-refractivity contribution in [3.05, 3.63) is 46.5 Å². The number of nitrogens with one attached hydrogen (secondary N) is 1. The molecule has 1 N–H and O–H groups in total. The number of nitrogens with zero attached hydrogens (tertiary/aromatic N) is 2. The minimum absolute atomic E-state index is 0.0434. The Morgan fingerprint density at radius 3 is 2.67 bits per heavy atom. The molecule has 0 amide bonds. The second-order valence-corrected chi connectivity index (χ2v) is 4.69. The minimum Gasteiger partial charge on any atom is -0.308 e. The molecule has 0 bridgehead atoms. The van der Waals surface area contributed by atoms with Crippen LogP contribution in [0.2, 0.25) is 0 Å². The highest BCUT2D eigenvalue weighted by atomic mass is 32.1. The molecule has 6 heteroatoms. The summed E-state index contributed by atoms with van der Waals surface area (Å²) in [6, 6.07) is 3.87. The lowest BCUT2D eigenvalue weighted by Gasteiger charge is -2.13. The highest BCUT2D eigenvalue weighted by molar-refractivity contribution is 7.03. The van der Waals surface area contributed by atoms with E-state index in [0.29, 0.717) is 13.0 Å². The molecule has 0 radical (unpaired) electrons. The molecule has 2 aromatic rings. The molecule has 1 aromatic carbocycles. The largest absolute Gasteiger partial charge is 0.308 e. The summed E-state index contributed by atoms with van der Waals surface area (Å²) in [6.45, 7) is 2.43. The summed E-state index contributed by atoms with van der Waals surface area (Å²) in [5.41, 5.74) is 0.953. The molecule has 0 saturated carbocycles. The van der Waals surface area contributed by atoms with E-state index in [2.05, 4.69) is 14.9 Å². The molecule has 2 rings (SSSR count). The van der Waals surface area contributed by atoms with Crippen molar-refractivity contribution in [1.29, 1.82) is 0 Å². The molecule has 0 spiro atoms. The topological polar surface area (TPSA) is 37.8 Å². The van der Waals surface area contributed by atoms with Gasteiger partial charge in [-0.15, -0.1) is 5.10 Å². The summed E-state index contributed by atoms with van der Waals surface area (Å²) in [5.74, 6) is -1.00. The average molecular weight is 269 g/mol. The smallest absolute Gasteiger partial charge is 0.129 e. The third kappa shape index (κ3) is 3.30. The van der Waals surface area contributed by atoms with Gasteiger partial charge in [0, 0.05) is 23.5 Å². The zero-order valence-corrected chi connectivity index (χ0v) is 10.7. The molecule has 0 aliphatic heterocycles. The summed E-state index contributed by atoms with van der Waals surface area (Å²) in [6.07, 6.45) is 0.302. The molecule has 0 aliphatic rings. The van der Waals surface area contributed by atoms with Gasteiger partial charge in [-0.05, 0) is 37.0 Å². The van der Waals surface area contributed by atoms with Crippen molar-refractivity contribution < 1.29 is 8.78 Å². The molecule has 1 heterocycles. The molecule has 18 heavy (non-hydrogen) atoms. The predicted octanol–water partition coefficient (Wildman–Crippen LogP) is 2.54. The molecule has 1 atom stereocenters. The summed E-state index contributed by atoms with van der Waals surface area (Å²) in [4.78, 5) is 0. The van der Waals surface area contributed by atoms with E-state index in [9.17, 15) is 8.78 Å². The number of hydrogen-bond donors (Lipinski definition) is 1. The first-order valence-corrected chi connectivity index (χ1v) is 6.42. The number of aromatic nitrogens is 2. The van der Waals surface area contributed by atoms with Crippen molar-refractivity contribution in [2.45, 2.75) is 25.9 Å². The maximum atomic E-state index is 13.4. The SMILES string of the molecule is CC(Cc1c(F)cccc1F)NCc1csnn1. The van der Waals surface area contributed by atoms with E-state index in [1.165, 1.54) is 29.7 Å². The molecule has 0 saturated heterocycles. The van der Waals surface area contributed by atoms with Crippen LogP contribution in [0, 0.1) is 11.6 Å². The van der Waals surface area contributed by atoms with Gasteiger partial charge in [0.25, 0.3) is 0 Å². The minimum atomic E-state index is -0.501. The summed E-state index contributed by atoms with van der Waals surface area (Å²) < 4.78 is 30.6. The average Bonchev–Trinajstić information content (AvgIpc) is 2.84. The quantitative estimate of drug-likeness (QED) is 0.906. The van der Waals surface area contributed by atoms with Gasteiger partial charge in [-0.25, -0.2) is 8.78 Å². The van der Waals surface area contributed by atoms with Crippen molar-refractivity contribution in [1.82, 2.24) is 14.9 Å². The molecular weight excluding hydrogens is 256 g/mol. The zero-order valence-electron chi connectivity index (χ0n) is 9.86. The van der Waals surface area contributed by atoms with E-state index in [4.69, 9.17) is 0 Å². The highest BCUT2D eigenvalue weighted by Gasteiger charge is 2.12. The lowest BCUT2D eigenvalue weighted by atomic mass is 10.1. The van der Waals surface area contributed by atoms with Crippen molar-refractivity contribution >= 4 is 11.5 Å². The molecule has 0 fully saturated rings. The van der Waals surface area contributed by atoms with Crippen molar-refractivity contribution in [3.63, 3.8) is 0 Å². The molecule has 3 nitrogen and oxygen atoms in total. The summed E-state index contributed by atoms with van der Waals surface area (Å²) >= 11 is 1.28. The fourth-order valence-corrected chi connectivity index (χ4v) is 2.10. The van der Waals surface area contributed by atoms with Gasteiger partial charge in [0.2, 0.25) is 0 Å². The molecule has 0 aliphatic carbocycles. The van der Waals surface area contributed by atoms with Crippen molar-refractivity contribution in [2.24, 2.45) is 0 Å². The highest BCUT2D eigenvalue weighted by Crippen LogP contribution is 2.14. The van der Waals surface area contributed by atoms with Gasteiger partial charge in [0.15, 0.2) is 0 Å². The van der Waals surface area contributed by atoms with Gasteiger partial charge in [0.05, 0.1) is 5.69 Å². The Kier molecular flexibility index (Phi) is 4.33. The lowest BCUT2D eigenvalue weighted by molar-refractivity contribution is 0.497. The van der Waals surface area contributed by atoms with Crippen LogP contribution in [0.1, 0.15) is 18.2 Å². The fourth-order valence-electron chi connectivity index (χ4n) is 1.65. The van der Waals surface area contributed by atoms with E-state index >= 15 is 0 Å². The second-order valence-electron chi connectivity index (χ2n) is 4.08. The Hall–Kier alpha value is -1.40. The lowest BCUT2D eigenvalue weighted by Crippen LogP contribution is -2.28. The summed E-state index contributed by atoms with van der Waals surface area (Å²) in [7, 11) is 0. The third-order valence-electron chi connectivity index (χ3n) is 2.61. The normalized spacial score (nSPS) is 12.6. The van der Waals surface area contributed by atoms with Crippen LogP contribution < -0.4 is 5.32 Å². The van der Waals surface area contributed by atoms with Crippen LogP contribution in [0.4, 0.5) is 8.78 Å². The van der Waals surface area contributed by atoms with Crippen LogP contribution in [-0.4, -0.2) is 15.6 Å². The van der Waals surface area contributed by atoms with Crippen LogP contribution >= 0.6 is 11.5 Å². The Morgan fingerprint density at radius 1 is 1.33 bits per heavy atom. The van der Waals surface area contributed by atoms with Crippen LogP contribution in [0.25, 0.3) is 0 Å². The predicted molar refractivity (Wildman–Crippen MR) is 66.3 cm³/mol. The number of benzene rings is 1. The maximum Gasteiger partial charge on any atom is 0.129 e. The maximum absolute atomic E-state index is 13.4. The first kappa shape index (κ1) is 13.0. The van der Waals surface area contributed by atoms with Gasteiger partial charge in [-0.2, -0.15) is 0 Å². The standard InChI is InChI=1S/C12H13F2N3S/c1-8(15-6-9-7-18-17-16-9)5-10-11(13)3-2-4-12(10)14/h2-4,7-8,15H,5-6H2,1H3. The van der Waals surface area contributed by atoms with Gasteiger partial charge in [-0.1, -0.05) is 10.6 Å². The molecular formula is C12H13F2N3S. The molecule has 96 valence electrons. The van der Waals surface area contributed by atoms with E-state index in [0.717, 1.165) is 5.69 Å². The fraction of sp³-hybridized carbons (Fsp3) is 0.333. The Balaban J connectivity index is 1.92. The third-order valence-corrected chi connectivity index (χ3v) is 3.16. The van der Waals surface area contributed by atoms with Crippen molar-refractivity contribution in [3.8, 4) is 0 Å².